The molecular formula is C21H20BrN3O2S. The molecule has 0 radical (unpaired) electrons. The number of carbonyl (C=O) groups is 2. The second kappa shape index (κ2) is 7.85. The van der Waals surface area contributed by atoms with Crippen LogP contribution in [-0.4, -0.2) is 31.0 Å². The highest BCUT2D eigenvalue weighted by atomic mass is 79.9. The molecule has 1 aliphatic rings. The van der Waals surface area contributed by atoms with E-state index in [-0.39, 0.29) is 10.7 Å². The van der Waals surface area contributed by atoms with Gasteiger partial charge < -0.3 is 4.90 Å². The molecule has 0 saturated carbocycles. The summed E-state index contributed by atoms with van der Waals surface area (Å²) in [4.78, 5) is 29.0. The first-order valence-corrected chi connectivity index (χ1v) is 9.84. The van der Waals surface area contributed by atoms with E-state index in [1.54, 1.807) is 6.08 Å². The summed E-state index contributed by atoms with van der Waals surface area (Å²) in [5.74, 6) is -0.931. The Hall–Kier alpha value is -2.51. The summed E-state index contributed by atoms with van der Waals surface area (Å²) in [6, 6.07) is 11.4. The lowest BCUT2D eigenvalue weighted by Crippen LogP contribution is -2.54. The summed E-state index contributed by atoms with van der Waals surface area (Å²) < 4.78 is 0.873. The van der Waals surface area contributed by atoms with Crippen LogP contribution in [0.15, 0.2) is 46.4 Å². The van der Waals surface area contributed by atoms with Crippen LogP contribution < -0.4 is 15.1 Å². The van der Waals surface area contributed by atoms with Gasteiger partial charge in [0.25, 0.3) is 11.8 Å². The number of rotatable bonds is 3. The maximum Gasteiger partial charge on any atom is 0.270 e. The van der Waals surface area contributed by atoms with E-state index in [1.165, 1.54) is 4.90 Å². The molecule has 1 saturated heterocycles. The van der Waals surface area contributed by atoms with Gasteiger partial charge in [0.05, 0.1) is 11.4 Å². The third kappa shape index (κ3) is 3.86. The van der Waals surface area contributed by atoms with Crippen molar-refractivity contribution in [2.75, 3.05) is 23.9 Å². The number of amides is 2. The van der Waals surface area contributed by atoms with Crippen LogP contribution in [0.5, 0.6) is 0 Å². The van der Waals surface area contributed by atoms with Gasteiger partial charge in [-0.05, 0) is 83.0 Å². The maximum absolute atomic E-state index is 13.2. The zero-order valence-corrected chi connectivity index (χ0v) is 18.4. The van der Waals surface area contributed by atoms with Crippen molar-refractivity contribution in [3.8, 4) is 0 Å². The molecule has 144 valence electrons. The monoisotopic (exact) mass is 457 g/mol. The standard InChI is InChI=1S/C21H20BrN3O2S/c1-12-5-6-13(2)18(9-12)25-20(27)15(19(26)23-21(25)28)10-14-7-8-17(24(3)4)16(22)11-14/h5-11H,1-4H3,(H,23,26,28)/b15-10-. The quantitative estimate of drug-likeness (QED) is 0.430. The van der Waals surface area contributed by atoms with E-state index in [2.05, 4.69) is 21.2 Å². The van der Waals surface area contributed by atoms with Crippen molar-refractivity contribution in [3.63, 3.8) is 0 Å². The molecule has 28 heavy (non-hydrogen) atoms. The minimum absolute atomic E-state index is 0.0407. The number of nitrogens with one attached hydrogen (secondary N) is 1. The first kappa shape index (κ1) is 20.2. The van der Waals surface area contributed by atoms with Crippen LogP contribution in [0.1, 0.15) is 16.7 Å². The number of hydrogen-bond acceptors (Lipinski definition) is 4. The topological polar surface area (TPSA) is 52.7 Å². The maximum atomic E-state index is 13.2. The van der Waals surface area contributed by atoms with Crippen molar-refractivity contribution in [3.05, 3.63) is 63.1 Å². The van der Waals surface area contributed by atoms with Crippen LogP contribution in [-0.2, 0) is 9.59 Å². The van der Waals surface area contributed by atoms with Gasteiger partial charge >= 0.3 is 0 Å². The normalized spacial score (nSPS) is 15.8. The first-order chi connectivity index (χ1) is 13.2. The lowest BCUT2D eigenvalue weighted by molar-refractivity contribution is -0.122. The molecule has 1 fully saturated rings. The van der Waals surface area contributed by atoms with Crippen LogP contribution in [0.4, 0.5) is 11.4 Å². The van der Waals surface area contributed by atoms with Gasteiger partial charge in [0.2, 0.25) is 0 Å². The Bertz CT molecular complexity index is 1030. The fourth-order valence-corrected chi connectivity index (χ4v) is 4.00. The minimum atomic E-state index is -0.496. The summed E-state index contributed by atoms with van der Waals surface area (Å²) >= 11 is 8.81. The molecule has 7 heteroatoms. The summed E-state index contributed by atoms with van der Waals surface area (Å²) in [5.41, 5.74) is 4.35. The van der Waals surface area contributed by atoms with Crippen LogP contribution in [0, 0.1) is 13.8 Å². The van der Waals surface area contributed by atoms with Gasteiger partial charge in [-0.15, -0.1) is 0 Å². The average molecular weight is 458 g/mol. The average Bonchev–Trinajstić information content (AvgIpc) is 2.61. The van der Waals surface area contributed by atoms with Gasteiger partial charge in [-0.2, -0.15) is 0 Å². The fourth-order valence-electron chi connectivity index (χ4n) is 2.98. The number of anilines is 2. The number of aryl methyl sites for hydroxylation is 2. The second-order valence-corrected chi connectivity index (χ2v) is 8.09. The van der Waals surface area contributed by atoms with E-state index >= 15 is 0 Å². The van der Waals surface area contributed by atoms with Crippen molar-refractivity contribution < 1.29 is 9.59 Å². The van der Waals surface area contributed by atoms with E-state index in [1.807, 2.05) is 69.2 Å². The predicted molar refractivity (Wildman–Crippen MR) is 121 cm³/mol. The molecule has 5 nitrogen and oxygen atoms in total. The number of benzene rings is 2. The number of thiocarbonyl (C=S) groups is 1. The highest BCUT2D eigenvalue weighted by Crippen LogP contribution is 2.29. The van der Waals surface area contributed by atoms with Crippen molar-refractivity contribution in [1.29, 1.82) is 0 Å². The number of hydrogen-bond donors (Lipinski definition) is 1. The summed E-state index contributed by atoms with van der Waals surface area (Å²) in [5, 5.41) is 2.72. The summed E-state index contributed by atoms with van der Waals surface area (Å²) in [6.07, 6.45) is 1.59. The first-order valence-electron chi connectivity index (χ1n) is 8.64. The van der Waals surface area contributed by atoms with Crippen LogP contribution in [0.25, 0.3) is 6.08 Å². The number of halogens is 1. The molecule has 0 bridgehead atoms. The molecule has 0 atom stereocenters. The molecular weight excluding hydrogens is 438 g/mol. The highest BCUT2D eigenvalue weighted by Gasteiger charge is 2.35. The lowest BCUT2D eigenvalue weighted by Gasteiger charge is -2.30. The van der Waals surface area contributed by atoms with E-state index in [4.69, 9.17) is 12.2 Å². The van der Waals surface area contributed by atoms with Crippen molar-refractivity contribution in [2.24, 2.45) is 0 Å². The largest absolute Gasteiger partial charge is 0.377 e. The van der Waals surface area contributed by atoms with Crippen LogP contribution >= 0.6 is 28.1 Å². The Morgan fingerprint density at radius 3 is 2.46 bits per heavy atom. The van der Waals surface area contributed by atoms with Gasteiger partial charge in [-0.1, -0.05) is 18.2 Å². The molecule has 1 aliphatic heterocycles. The van der Waals surface area contributed by atoms with E-state index in [0.29, 0.717) is 5.69 Å². The van der Waals surface area contributed by atoms with Crippen LogP contribution in [0.3, 0.4) is 0 Å². The second-order valence-electron chi connectivity index (χ2n) is 6.85. The Kier molecular flexibility index (Phi) is 5.67. The molecule has 0 unspecified atom stereocenters. The lowest BCUT2D eigenvalue weighted by atomic mass is 10.0. The van der Waals surface area contributed by atoms with Crippen molar-refractivity contribution in [2.45, 2.75) is 13.8 Å². The van der Waals surface area contributed by atoms with E-state index < -0.39 is 11.8 Å². The molecule has 2 aromatic rings. The molecule has 0 aliphatic carbocycles. The fraction of sp³-hybridized carbons (Fsp3) is 0.190. The third-order valence-electron chi connectivity index (χ3n) is 4.47. The van der Waals surface area contributed by atoms with Gasteiger partial charge in [-0.25, -0.2) is 0 Å². The summed E-state index contributed by atoms with van der Waals surface area (Å²) in [7, 11) is 3.89. The minimum Gasteiger partial charge on any atom is -0.377 e. The van der Waals surface area contributed by atoms with E-state index in [9.17, 15) is 9.59 Å². The SMILES string of the molecule is Cc1ccc(C)c(N2C(=O)/C(=C\c3ccc(N(C)C)c(Br)c3)C(=O)NC2=S)c1. The van der Waals surface area contributed by atoms with Gasteiger partial charge in [-0.3, -0.25) is 19.8 Å². The predicted octanol–water partition coefficient (Wildman–Crippen LogP) is 3.96. The van der Waals surface area contributed by atoms with Gasteiger partial charge in [0.15, 0.2) is 5.11 Å². The smallest absolute Gasteiger partial charge is 0.270 e. The molecule has 0 aromatic heterocycles. The summed E-state index contributed by atoms with van der Waals surface area (Å²) in [6.45, 7) is 3.85. The van der Waals surface area contributed by atoms with Gasteiger partial charge in [0, 0.05) is 18.6 Å². The highest BCUT2D eigenvalue weighted by molar-refractivity contribution is 9.10. The molecule has 2 amide bonds. The van der Waals surface area contributed by atoms with Gasteiger partial charge in [0.1, 0.15) is 5.57 Å². The zero-order valence-electron chi connectivity index (χ0n) is 16.0. The molecule has 0 spiro atoms. The zero-order chi connectivity index (χ0) is 20.6. The molecule has 1 N–H and O–H groups in total. The number of nitrogens with zero attached hydrogens (tertiary/aromatic N) is 2. The van der Waals surface area contributed by atoms with E-state index in [0.717, 1.165) is 26.9 Å². The molecule has 1 heterocycles. The molecule has 3 rings (SSSR count). The Labute approximate surface area is 178 Å². The van der Waals surface area contributed by atoms with Crippen molar-refractivity contribution >= 4 is 62.5 Å². The van der Waals surface area contributed by atoms with Crippen molar-refractivity contribution in [1.82, 2.24) is 5.32 Å². The number of carbonyl (C=O) groups excluding carboxylic acids is 2. The third-order valence-corrected chi connectivity index (χ3v) is 5.39. The Balaban J connectivity index is 2.04. The Morgan fingerprint density at radius 2 is 1.82 bits per heavy atom. The van der Waals surface area contributed by atoms with Crippen LogP contribution in [0.2, 0.25) is 0 Å². The molecule has 2 aromatic carbocycles. The Morgan fingerprint density at radius 1 is 1.11 bits per heavy atom.